The molecule has 0 aliphatic rings. The Morgan fingerprint density at radius 1 is 1.33 bits per heavy atom. The minimum absolute atomic E-state index is 0.121. The smallest absolute Gasteiger partial charge is 0.247 e. The quantitative estimate of drug-likeness (QED) is 0.738. The van der Waals surface area contributed by atoms with Crippen molar-refractivity contribution in [3.8, 4) is 5.75 Å². The van der Waals surface area contributed by atoms with Gasteiger partial charge in [-0.25, -0.2) is 8.42 Å². The van der Waals surface area contributed by atoms with Crippen LogP contribution in [-0.2, 0) is 14.8 Å². The van der Waals surface area contributed by atoms with Crippen LogP contribution in [0.15, 0.2) is 23.1 Å². The minimum Gasteiger partial charge on any atom is -0.495 e. The Labute approximate surface area is 126 Å². The zero-order chi connectivity index (χ0) is 16.0. The number of hydrogen-bond acceptors (Lipinski definition) is 5. The Hall–Kier alpha value is -1.31. The van der Waals surface area contributed by atoms with Crippen molar-refractivity contribution in [1.82, 2.24) is 4.31 Å². The fourth-order valence-corrected chi connectivity index (χ4v) is 3.81. The van der Waals surface area contributed by atoms with Gasteiger partial charge < -0.3 is 15.2 Å². The van der Waals surface area contributed by atoms with E-state index < -0.39 is 10.0 Å². The molecule has 6 nitrogen and oxygen atoms in total. The van der Waals surface area contributed by atoms with Gasteiger partial charge in [0, 0.05) is 31.5 Å². The van der Waals surface area contributed by atoms with Crippen molar-refractivity contribution < 1.29 is 17.9 Å². The number of sulfonamides is 1. The summed E-state index contributed by atoms with van der Waals surface area (Å²) in [6.45, 7) is 4.44. The standard InChI is InChI=1S/C14H24N2O4S/c1-5-11(2)16(8-9-19-3)21(17,18)14-7-6-12(15)10-13(14)20-4/h6-7,10-11H,5,8-9,15H2,1-4H3. The first kappa shape index (κ1) is 17.7. The molecule has 1 atom stereocenters. The molecule has 0 heterocycles. The van der Waals surface area contributed by atoms with Crippen LogP contribution in [0.25, 0.3) is 0 Å². The molecule has 21 heavy (non-hydrogen) atoms. The van der Waals surface area contributed by atoms with Gasteiger partial charge in [-0.15, -0.1) is 0 Å². The molecule has 0 amide bonds. The summed E-state index contributed by atoms with van der Waals surface area (Å²) in [5, 5.41) is 0. The predicted octanol–water partition coefficient (Wildman–Crippen LogP) is 1.71. The summed E-state index contributed by atoms with van der Waals surface area (Å²) in [5.74, 6) is 0.251. The zero-order valence-corrected chi connectivity index (χ0v) is 13.8. The summed E-state index contributed by atoms with van der Waals surface area (Å²) in [6.07, 6.45) is 0.709. The summed E-state index contributed by atoms with van der Waals surface area (Å²) in [4.78, 5) is 0.121. The van der Waals surface area contributed by atoms with Crippen molar-refractivity contribution in [2.24, 2.45) is 0 Å². The molecule has 0 aliphatic carbocycles. The highest BCUT2D eigenvalue weighted by Gasteiger charge is 2.30. The number of hydrogen-bond donors (Lipinski definition) is 1. The Morgan fingerprint density at radius 2 is 2.00 bits per heavy atom. The molecule has 1 aromatic carbocycles. The molecule has 0 fully saturated rings. The van der Waals surface area contributed by atoms with Gasteiger partial charge in [0.2, 0.25) is 10.0 Å². The minimum atomic E-state index is -3.67. The van der Waals surface area contributed by atoms with Gasteiger partial charge in [0.15, 0.2) is 0 Å². The number of benzene rings is 1. The van der Waals surface area contributed by atoms with Crippen LogP contribution in [0.1, 0.15) is 20.3 Å². The Morgan fingerprint density at radius 3 is 2.52 bits per heavy atom. The van der Waals surface area contributed by atoms with Crippen LogP contribution in [0.2, 0.25) is 0 Å². The third kappa shape index (κ3) is 4.09. The SMILES string of the molecule is CCC(C)N(CCOC)S(=O)(=O)c1ccc(N)cc1OC. The summed E-state index contributed by atoms with van der Waals surface area (Å²) >= 11 is 0. The van der Waals surface area contributed by atoms with Crippen LogP contribution in [0, 0.1) is 0 Å². The topological polar surface area (TPSA) is 81.9 Å². The highest BCUT2D eigenvalue weighted by atomic mass is 32.2. The first-order valence-corrected chi connectivity index (χ1v) is 8.26. The monoisotopic (exact) mass is 316 g/mol. The van der Waals surface area contributed by atoms with Gasteiger partial charge in [-0.05, 0) is 25.5 Å². The predicted molar refractivity (Wildman–Crippen MR) is 82.9 cm³/mol. The second-order valence-corrected chi connectivity index (χ2v) is 6.64. The maximum absolute atomic E-state index is 12.9. The maximum atomic E-state index is 12.9. The molecule has 7 heteroatoms. The van der Waals surface area contributed by atoms with Gasteiger partial charge in [0.05, 0.1) is 13.7 Å². The van der Waals surface area contributed by atoms with Crippen LogP contribution in [0.3, 0.4) is 0 Å². The lowest BCUT2D eigenvalue weighted by atomic mass is 10.3. The van der Waals surface area contributed by atoms with E-state index in [2.05, 4.69) is 0 Å². The van der Waals surface area contributed by atoms with E-state index >= 15 is 0 Å². The number of methoxy groups -OCH3 is 2. The van der Waals surface area contributed by atoms with Crippen molar-refractivity contribution in [2.45, 2.75) is 31.2 Å². The molecule has 0 saturated carbocycles. The van der Waals surface area contributed by atoms with E-state index in [1.54, 1.807) is 13.2 Å². The molecule has 1 rings (SSSR count). The van der Waals surface area contributed by atoms with E-state index in [-0.39, 0.29) is 16.7 Å². The largest absolute Gasteiger partial charge is 0.495 e. The van der Waals surface area contributed by atoms with Crippen molar-refractivity contribution in [3.63, 3.8) is 0 Å². The third-order valence-electron chi connectivity index (χ3n) is 3.37. The van der Waals surface area contributed by atoms with Gasteiger partial charge in [-0.1, -0.05) is 6.92 Å². The molecular weight excluding hydrogens is 292 g/mol. The zero-order valence-electron chi connectivity index (χ0n) is 13.0. The van der Waals surface area contributed by atoms with E-state index in [9.17, 15) is 8.42 Å². The molecule has 0 radical (unpaired) electrons. The molecule has 0 aliphatic heterocycles. The van der Waals surface area contributed by atoms with Crippen LogP contribution in [0.5, 0.6) is 5.75 Å². The Balaban J connectivity index is 3.28. The molecule has 1 unspecified atom stereocenters. The second kappa shape index (κ2) is 7.63. The molecular formula is C14H24N2O4S. The summed E-state index contributed by atoms with van der Waals surface area (Å²) in [6, 6.07) is 4.41. The lowest BCUT2D eigenvalue weighted by molar-refractivity contribution is 0.167. The number of nitrogens with two attached hydrogens (primary N) is 1. The highest BCUT2D eigenvalue weighted by molar-refractivity contribution is 7.89. The van der Waals surface area contributed by atoms with Crippen LogP contribution < -0.4 is 10.5 Å². The average Bonchev–Trinajstić information content (AvgIpc) is 2.46. The van der Waals surface area contributed by atoms with Crippen LogP contribution >= 0.6 is 0 Å². The molecule has 0 aromatic heterocycles. The summed E-state index contributed by atoms with van der Waals surface area (Å²) < 4.78 is 37.4. The van der Waals surface area contributed by atoms with E-state index in [1.165, 1.54) is 23.5 Å². The molecule has 0 bridgehead atoms. The third-order valence-corrected chi connectivity index (χ3v) is 5.43. The number of nitrogens with zero attached hydrogens (tertiary/aromatic N) is 1. The van der Waals surface area contributed by atoms with E-state index in [1.807, 2.05) is 13.8 Å². The van der Waals surface area contributed by atoms with Crippen LogP contribution in [0.4, 0.5) is 5.69 Å². The lowest BCUT2D eigenvalue weighted by Crippen LogP contribution is -2.40. The highest BCUT2D eigenvalue weighted by Crippen LogP contribution is 2.30. The number of rotatable bonds is 8. The van der Waals surface area contributed by atoms with Gasteiger partial charge in [-0.2, -0.15) is 4.31 Å². The van der Waals surface area contributed by atoms with Gasteiger partial charge in [0.1, 0.15) is 10.6 Å². The van der Waals surface area contributed by atoms with Gasteiger partial charge in [0.25, 0.3) is 0 Å². The average molecular weight is 316 g/mol. The van der Waals surface area contributed by atoms with E-state index in [4.69, 9.17) is 15.2 Å². The van der Waals surface area contributed by atoms with Gasteiger partial charge in [-0.3, -0.25) is 0 Å². The van der Waals surface area contributed by atoms with Gasteiger partial charge >= 0.3 is 0 Å². The summed E-state index contributed by atoms with van der Waals surface area (Å²) in [5.41, 5.74) is 6.14. The fourth-order valence-electron chi connectivity index (χ4n) is 1.99. The second-order valence-electron chi connectivity index (χ2n) is 4.78. The first-order chi connectivity index (χ1) is 9.88. The van der Waals surface area contributed by atoms with Crippen LogP contribution in [-0.4, -0.2) is 46.1 Å². The van der Waals surface area contributed by atoms with Crippen molar-refractivity contribution >= 4 is 15.7 Å². The first-order valence-electron chi connectivity index (χ1n) is 6.82. The number of anilines is 1. The maximum Gasteiger partial charge on any atom is 0.247 e. The van der Waals surface area contributed by atoms with Crippen molar-refractivity contribution in [1.29, 1.82) is 0 Å². The number of ether oxygens (including phenoxy) is 2. The summed E-state index contributed by atoms with van der Waals surface area (Å²) in [7, 11) is -0.697. The van der Waals surface area contributed by atoms with Crippen molar-refractivity contribution in [2.75, 3.05) is 33.1 Å². The van der Waals surface area contributed by atoms with E-state index in [0.717, 1.165) is 0 Å². The molecule has 2 N–H and O–H groups in total. The molecule has 0 saturated heterocycles. The van der Waals surface area contributed by atoms with Crippen molar-refractivity contribution in [3.05, 3.63) is 18.2 Å². The Kier molecular flexibility index (Phi) is 6.44. The fraction of sp³-hybridized carbons (Fsp3) is 0.571. The molecule has 0 spiro atoms. The molecule has 1 aromatic rings. The normalized spacial score (nSPS) is 13.4. The van der Waals surface area contributed by atoms with E-state index in [0.29, 0.717) is 25.3 Å². The number of nitrogen functional groups attached to an aromatic ring is 1. The Bertz CT molecular complexity index is 560. The lowest BCUT2D eigenvalue weighted by Gasteiger charge is -2.28. The molecule has 120 valence electrons.